The van der Waals surface area contributed by atoms with Crippen LogP contribution in [0.5, 0.6) is 5.75 Å². The first-order chi connectivity index (χ1) is 8.11. The number of benzene rings is 1. The highest BCUT2D eigenvalue weighted by Crippen LogP contribution is 2.36. The van der Waals surface area contributed by atoms with E-state index in [-0.39, 0.29) is 11.8 Å². The van der Waals surface area contributed by atoms with Crippen LogP contribution in [0, 0.1) is 11.8 Å². The minimum atomic E-state index is -1.07. The van der Waals surface area contributed by atoms with Crippen LogP contribution in [0.2, 0.25) is 0 Å². The van der Waals surface area contributed by atoms with E-state index >= 15 is 0 Å². The van der Waals surface area contributed by atoms with Gasteiger partial charge in [-0.2, -0.15) is 0 Å². The van der Waals surface area contributed by atoms with E-state index in [2.05, 4.69) is 0 Å². The molecule has 0 bridgehead atoms. The van der Waals surface area contributed by atoms with Gasteiger partial charge in [0, 0.05) is 11.5 Å². The van der Waals surface area contributed by atoms with Crippen molar-refractivity contribution in [3.63, 3.8) is 0 Å². The Morgan fingerprint density at radius 1 is 1.29 bits per heavy atom. The first kappa shape index (κ1) is 14.0. The van der Waals surface area contributed by atoms with Gasteiger partial charge in [0.25, 0.3) is 0 Å². The zero-order valence-corrected chi connectivity index (χ0v) is 10.8. The largest absolute Gasteiger partial charge is 0.493 e. The maximum atomic E-state index is 14.5. The molecule has 2 N–H and O–H groups in total. The molecule has 96 valence electrons. The zero-order valence-electron chi connectivity index (χ0n) is 10.8. The summed E-state index contributed by atoms with van der Waals surface area (Å²) in [6, 6.07) is 7.27. The van der Waals surface area contributed by atoms with E-state index in [1.807, 2.05) is 32.9 Å². The molecule has 0 aliphatic heterocycles. The molecule has 2 unspecified atom stereocenters. The van der Waals surface area contributed by atoms with Gasteiger partial charge in [0.15, 0.2) is 0 Å². The predicted octanol–water partition coefficient (Wildman–Crippen LogP) is 3.33. The van der Waals surface area contributed by atoms with Crippen LogP contribution in [0.3, 0.4) is 0 Å². The summed E-state index contributed by atoms with van der Waals surface area (Å²) in [5.74, 6) is 0.669. The first-order valence-corrected chi connectivity index (χ1v) is 6.17. The summed E-state index contributed by atoms with van der Waals surface area (Å²) in [4.78, 5) is 0. The maximum Gasteiger partial charge on any atom is 0.133 e. The van der Waals surface area contributed by atoms with Gasteiger partial charge in [-0.1, -0.05) is 32.0 Å². The van der Waals surface area contributed by atoms with Gasteiger partial charge < -0.3 is 10.5 Å². The third-order valence-corrected chi connectivity index (χ3v) is 3.02. The summed E-state index contributed by atoms with van der Waals surface area (Å²) in [6.45, 7) is 6.77. The van der Waals surface area contributed by atoms with Crippen LogP contribution in [0.4, 0.5) is 4.39 Å². The number of hydrogen-bond donors (Lipinski definition) is 1. The maximum absolute atomic E-state index is 14.5. The van der Waals surface area contributed by atoms with E-state index in [4.69, 9.17) is 10.5 Å². The van der Waals surface area contributed by atoms with E-state index in [0.29, 0.717) is 24.5 Å². The minimum absolute atomic E-state index is 0.170. The molecular formula is C14H22FNO. The second-order valence-corrected chi connectivity index (χ2v) is 4.52. The van der Waals surface area contributed by atoms with Gasteiger partial charge >= 0.3 is 0 Å². The molecule has 0 aliphatic rings. The number of para-hydroxylation sites is 1. The van der Waals surface area contributed by atoms with Crippen molar-refractivity contribution in [3.8, 4) is 5.75 Å². The lowest BCUT2D eigenvalue weighted by molar-refractivity contribution is 0.182. The van der Waals surface area contributed by atoms with Gasteiger partial charge in [0.2, 0.25) is 0 Å². The van der Waals surface area contributed by atoms with Crippen molar-refractivity contribution in [3.05, 3.63) is 29.8 Å². The van der Waals surface area contributed by atoms with Crippen molar-refractivity contribution < 1.29 is 9.13 Å². The van der Waals surface area contributed by atoms with Gasteiger partial charge in [-0.15, -0.1) is 0 Å². The molecule has 1 rings (SSSR count). The Morgan fingerprint density at radius 3 is 2.47 bits per heavy atom. The summed E-state index contributed by atoms with van der Waals surface area (Å²) in [5.41, 5.74) is 6.26. The third kappa shape index (κ3) is 3.43. The number of hydrogen-bond acceptors (Lipinski definition) is 2. The Hall–Kier alpha value is -1.09. The normalized spacial score (nSPS) is 14.7. The van der Waals surface area contributed by atoms with E-state index in [0.717, 1.165) is 0 Å². The number of alkyl halides is 1. The van der Waals surface area contributed by atoms with Crippen molar-refractivity contribution in [2.24, 2.45) is 17.6 Å². The van der Waals surface area contributed by atoms with Crippen LogP contribution < -0.4 is 10.5 Å². The van der Waals surface area contributed by atoms with E-state index in [1.165, 1.54) is 0 Å². The summed E-state index contributed by atoms with van der Waals surface area (Å²) in [5, 5.41) is 0. The highest BCUT2D eigenvalue weighted by molar-refractivity contribution is 5.35. The van der Waals surface area contributed by atoms with Gasteiger partial charge in [-0.3, -0.25) is 0 Å². The van der Waals surface area contributed by atoms with E-state index in [9.17, 15) is 4.39 Å². The van der Waals surface area contributed by atoms with Crippen LogP contribution in [0.25, 0.3) is 0 Å². The van der Waals surface area contributed by atoms with E-state index < -0.39 is 6.17 Å². The zero-order chi connectivity index (χ0) is 12.8. The molecule has 0 amide bonds. The molecule has 0 saturated carbocycles. The van der Waals surface area contributed by atoms with Crippen molar-refractivity contribution in [2.75, 3.05) is 13.2 Å². The molecule has 17 heavy (non-hydrogen) atoms. The Kier molecular flexibility index (Phi) is 5.42. The topological polar surface area (TPSA) is 35.2 Å². The molecule has 2 atom stereocenters. The fourth-order valence-corrected chi connectivity index (χ4v) is 1.96. The number of ether oxygens (including phenoxy) is 1. The molecule has 0 radical (unpaired) electrons. The highest BCUT2D eigenvalue weighted by Gasteiger charge is 2.26. The Bertz CT molecular complexity index is 341. The average molecular weight is 239 g/mol. The van der Waals surface area contributed by atoms with Gasteiger partial charge in [0.1, 0.15) is 11.9 Å². The monoisotopic (exact) mass is 239 g/mol. The second kappa shape index (κ2) is 6.60. The van der Waals surface area contributed by atoms with Crippen molar-refractivity contribution in [2.45, 2.75) is 26.9 Å². The minimum Gasteiger partial charge on any atom is -0.493 e. The lowest BCUT2D eigenvalue weighted by atomic mass is 9.87. The SMILES string of the molecule is CCOc1ccccc1C(F)C(CN)C(C)C. The molecule has 3 heteroatoms. The predicted molar refractivity (Wildman–Crippen MR) is 68.8 cm³/mol. The number of halogens is 1. The molecule has 0 aromatic heterocycles. The third-order valence-electron chi connectivity index (χ3n) is 3.02. The summed E-state index contributed by atoms with van der Waals surface area (Å²) >= 11 is 0. The summed E-state index contributed by atoms with van der Waals surface area (Å²) < 4.78 is 19.9. The van der Waals surface area contributed by atoms with Crippen molar-refractivity contribution in [1.82, 2.24) is 0 Å². The van der Waals surface area contributed by atoms with Crippen LogP contribution >= 0.6 is 0 Å². The van der Waals surface area contributed by atoms with Crippen LogP contribution in [0.15, 0.2) is 24.3 Å². The van der Waals surface area contributed by atoms with Crippen LogP contribution in [0.1, 0.15) is 32.5 Å². The molecule has 0 saturated heterocycles. The first-order valence-electron chi connectivity index (χ1n) is 6.17. The van der Waals surface area contributed by atoms with Crippen LogP contribution in [-0.4, -0.2) is 13.2 Å². The van der Waals surface area contributed by atoms with Gasteiger partial charge in [-0.05, 0) is 25.5 Å². The fourth-order valence-electron chi connectivity index (χ4n) is 1.96. The highest BCUT2D eigenvalue weighted by atomic mass is 19.1. The second-order valence-electron chi connectivity index (χ2n) is 4.52. The molecule has 0 heterocycles. The van der Waals surface area contributed by atoms with Crippen LogP contribution in [-0.2, 0) is 0 Å². The van der Waals surface area contributed by atoms with Crippen molar-refractivity contribution >= 4 is 0 Å². The quantitative estimate of drug-likeness (QED) is 0.826. The number of rotatable bonds is 6. The fraction of sp³-hybridized carbons (Fsp3) is 0.571. The molecule has 0 fully saturated rings. The molecular weight excluding hydrogens is 217 g/mol. The Labute approximate surface area is 103 Å². The summed E-state index contributed by atoms with van der Waals surface area (Å²) in [6.07, 6.45) is -1.07. The standard InChI is InChI=1S/C14H22FNO/c1-4-17-13-8-6-5-7-11(13)14(15)12(9-16)10(2)3/h5-8,10,12,14H,4,9,16H2,1-3H3. The Morgan fingerprint density at radius 2 is 1.94 bits per heavy atom. The molecule has 2 nitrogen and oxygen atoms in total. The molecule has 0 aliphatic carbocycles. The van der Waals surface area contributed by atoms with Gasteiger partial charge in [0.05, 0.1) is 6.61 Å². The smallest absolute Gasteiger partial charge is 0.133 e. The lowest BCUT2D eigenvalue weighted by Crippen LogP contribution is -2.25. The molecule has 0 spiro atoms. The summed E-state index contributed by atoms with van der Waals surface area (Å²) in [7, 11) is 0. The van der Waals surface area contributed by atoms with E-state index in [1.54, 1.807) is 12.1 Å². The average Bonchev–Trinajstić information content (AvgIpc) is 2.30. The lowest BCUT2D eigenvalue weighted by Gasteiger charge is -2.24. The number of nitrogens with two attached hydrogens (primary N) is 1. The molecule has 1 aromatic carbocycles. The Balaban J connectivity index is 2.97. The van der Waals surface area contributed by atoms with Crippen molar-refractivity contribution in [1.29, 1.82) is 0 Å². The molecule has 1 aromatic rings. The van der Waals surface area contributed by atoms with Gasteiger partial charge in [-0.25, -0.2) is 4.39 Å².